The molecule has 24 unspecified atom stereocenters. The molecule has 9 aliphatic rings. The molecule has 19 heteroatoms. The molecule has 4 saturated carbocycles. The molecular weight excluding hydrogens is 868 g/mol. The summed E-state index contributed by atoms with van der Waals surface area (Å²) in [4.78, 5) is 12.0. The molecule has 66 heavy (non-hydrogen) atoms. The van der Waals surface area contributed by atoms with Gasteiger partial charge in [-0.15, -0.1) is 0 Å². The Morgan fingerprint density at radius 2 is 1.23 bits per heavy atom. The van der Waals surface area contributed by atoms with Crippen molar-refractivity contribution in [3.8, 4) is 0 Å². The van der Waals surface area contributed by atoms with Gasteiger partial charge in [0.2, 0.25) is 0 Å². The summed E-state index contributed by atoms with van der Waals surface area (Å²) < 4.78 is 53.9. The van der Waals surface area contributed by atoms with Crippen LogP contribution in [0.2, 0.25) is 0 Å². The molecule has 0 aromatic carbocycles. The van der Waals surface area contributed by atoms with Crippen LogP contribution in [0, 0.1) is 34.5 Å². The van der Waals surface area contributed by atoms with Gasteiger partial charge in [0.1, 0.15) is 49.3 Å². The van der Waals surface area contributed by atoms with Gasteiger partial charge < -0.3 is 88.6 Å². The predicted molar refractivity (Wildman–Crippen MR) is 225 cm³/mol. The molecule has 9 N–H and O–H groups in total. The van der Waals surface area contributed by atoms with E-state index in [0.717, 1.165) is 44.1 Å². The van der Waals surface area contributed by atoms with Crippen molar-refractivity contribution in [2.75, 3.05) is 13.2 Å². The minimum absolute atomic E-state index is 0.0188. The van der Waals surface area contributed by atoms with E-state index in [1.54, 1.807) is 19.9 Å². The summed E-state index contributed by atoms with van der Waals surface area (Å²) in [6.45, 7) is 9.11. The first kappa shape index (κ1) is 49.5. The lowest BCUT2D eigenvalue weighted by Crippen LogP contribution is -2.67. The summed E-state index contributed by atoms with van der Waals surface area (Å²) in [6.07, 6.45) is -10.8. The van der Waals surface area contributed by atoms with Crippen LogP contribution in [0.15, 0.2) is 11.6 Å². The van der Waals surface area contributed by atoms with Crippen LogP contribution < -0.4 is 0 Å². The van der Waals surface area contributed by atoms with Gasteiger partial charge in [0, 0.05) is 30.8 Å². The van der Waals surface area contributed by atoms with E-state index in [2.05, 4.69) is 6.92 Å². The van der Waals surface area contributed by atoms with Crippen molar-refractivity contribution in [1.82, 2.24) is 0 Å². The lowest BCUT2D eigenvalue weighted by atomic mass is 9.42. The second-order valence-electron chi connectivity index (χ2n) is 21.6. The zero-order valence-electron chi connectivity index (χ0n) is 38.7. The summed E-state index contributed by atoms with van der Waals surface area (Å²) in [5.74, 6) is 0.0825. The SMILES string of the molecule is CC1OC(OC2CCC3(C)C(CC[C@@H]4[C@@H]3CC(O)C3(C)C(C5=CC(=O)OC5)CCC43O)C2)CC(O)C1OC1CC(O)C(OC2CC(O)C(OC3OC(CO)C(O)C(O)C3O)C(C)O2)C(C)O1. The van der Waals surface area contributed by atoms with Crippen LogP contribution in [0.3, 0.4) is 0 Å². The van der Waals surface area contributed by atoms with Gasteiger partial charge in [-0.1, -0.05) is 13.8 Å². The normalized spacial score (nSPS) is 55.3. The van der Waals surface area contributed by atoms with Crippen molar-refractivity contribution in [2.24, 2.45) is 34.5 Å². The number of hydrogen-bond donors (Lipinski definition) is 9. The minimum Gasteiger partial charge on any atom is -0.458 e. The van der Waals surface area contributed by atoms with Crippen molar-refractivity contribution in [1.29, 1.82) is 0 Å². The highest BCUT2D eigenvalue weighted by atomic mass is 16.8. The van der Waals surface area contributed by atoms with Gasteiger partial charge >= 0.3 is 5.97 Å². The molecule has 0 aromatic heterocycles. The van der Waals surface area contributed by atoms with E-state index in [4.69, 9.17) is 42.6 Å². The Labute approximate surface area is 385 Å². The van der Waals surface area contributed by atoms with E-state index in [9.17, 15) is 50.8 Å². The second-order valence-corrected chi connectivity index (χ2v) is 21.6. The molecule has 0 bridgehead atoms. The third kappa shape index (κ3) is 8.64. The van der Waals surface area contributed by atoms with Gasteiger partial charge in [-0.05, 0) is 107 Å². The summed E-state index contributed by atoms with van der Waals surface area (Å²) in [6, 6.07) is 0. The summed E-state index contributed by atoms with van der Waals surface area (Å²) >= 11 is 0. The number of ether oxygens (including phenoxy) is 9. The number of esters is 1. The van der Waals surface area contributed by atoms with Crippen molar-refractivity contribution in [3.05, 3.63) is 11.6 Å². The number of hydrogen-bond acceptors (Lipinski definition) is 19. The van der Waals surface area contributed by atoms with Gasteiger partial charge in [-0.25, -0.2) is 4.79 Å². The average molecular weight is 943 g/mol. The van der Waals surface area contributed by atoms with Crippen LogP contribution in [0.25, 0.3) is 0 Å². The third-order valence-corrected chi connectivity index (χ3v) is 18.1. The molecule has 0 radical (unpaired) electrons. The molecule has 4 saturated heterocycles. The van der Waals surface area contributed by atoms with Gasteiger partial charge in [0.15, 0.2) is 25.2 Å². The minimum atomic E-state index is -1.65. The number of carbonyl (C=O) groups excluding carboxylic acids is 1. The van der Waals surface area contributed by atoms with E-state index < -0.39 is 128 Å². The topological polar surface area (TPSA) is 282 Å². The third-order valence-electron chi connectivity index (χ3n) is 18.1. The van der Waals surface area contributed by atoms with Crippen molar-refractivity contribution >= 4 is 5.97 Å². The molecule has 19 nitrogen and oxygen atoms in total. The van der Waals surface area contributed by atoms with Crippen LogP contribution in [-0.4, -0.2) is 187 Å². The van der Waals surface area contributed by atoms with Crippen LogP contribution in [0.1, 0.15) is 105 Å². The van der Waals surface area contributed by atoms with Crippen LogP contribution in [0.5, 0.6) is 0 Å². The average Bonchev–Trinajstić information content (AvgIpc) is 3.82. The van der Waals surface area contributed by atoms with E-state index in [1.165, 1.54) is 0 Å². The first-order chi connectivity index (χ1) is 31.2. The van der Waals surface area contributed by atoms with Crippen LogP contribution in [-0.2, 0) is 47.4 Å². The van der Waals surface area contributed by atoms with Crippen LogP contribution >= 0.6 is 0 Å². The Bertz CT molecular complexity index is 1720. The first-order valence-corrected chi connectivity index (χ1v) is 24.5. The maximum absolute atomic E-state index is 12.6. The predicted octanol–water partition coefficient (Wildman–Crippen LogP) is 0.0423. The molecule has 0 amide bonds. The number of aliphatic hydroxyl groups excluding tert-OH is 8. The number of rotatable bonds is 10. The number of fused-ring (bicyclic) bond motifs is 5. The van der Waals surface area contributed by atoms with E-state index in [-0.39, 0.29) is 61.1 Å². The Balaban J connectivity index is 0.737. The molecule has 8 fully saturated rings. The van der Waals surface area contributed by atoms with Gasteiger partial charge in [-0.3, -0.25) is 0 Å². The lowest BCUT2D eigenvalue weighted by Gasteiger charge is -2.65. The molecule has 26 atom stereocenters. The fourth-order valence-corrected chi connectivity index (χ4v) is 14.3. The number of aliphatic hydroxyl groups is 9. The van der Waals surface area contributed by atoms with Gasteiger partial charge in [-0.2, -0.15) is 0 Å². The Morgan fingerprint density at radius 1 is 0.652 bits per heavy atom. The van der Waals surface area contributed by atoms with Gasteiger partial charge in [0.25, 0.3) is 0 Å². The zero-order valence-corrected chi connectivity index (χ0v) is 38.7. The summed E-state index contributed by atoms with van der Waals surface area (Å²) in [7, 11) is 0. The quantitative estimate of drug-likeness (QED) is 0.103. The molecular formula is C47H74O19. The van der Waals surface area contributed by atoms with Crippen LogP contribution in [0.4, 0.5) is 0 Å². The molecule has 0 spiro atoms. The van der Waals surface area contributed by atoms with E-state index in [0.29, 0.717) is 18.8 Å². The molecule has 9 rings (SSSR count). The fraction of sp³-hybridized carbons (Fsp3) is 0.936. The molecule has 4 aliphatic carbocycles. The van der Waals surface area contributed by atoms with E-state index >= 15 is 0 Å². The fourth-order valence-electron chi connectivity index (χ4n) is 14.3. The Hall–Kier alpha value is -1.47. The maximum atomic E-state index is 12.6. The van der Waals surface area contributed by atoms with Crippen molar-refractivity contribution in [2.45, 2.75) is 228 Å². The maximum Gasteiger partial charge on any atom is 0.331 e. The summed E-state index contributed by atoms with van der Waals surface area (Å²) in [5.41, 5.74) is -0.989. The first-order valence-electron chi connectivity index (χ1n) is 24.5. The Morgan fingerprint density at radius 3 is 1.77 bits per heavy atom. The molecule has 5 heterocycles. The van der Waals surface area contributed by atoms with E-state index in [1.807, 2.05) is 13.8 Å². The highest BCUT2D eigenvalue weighted by Crippen LogP contribution is 2.70. The molecule has 0 aromatic rings. The van der Waals surface area contributed by atoms with Crippen molar-refractivity contribution < 1.29 is 93.4 Å². The Kier molecular flexibility index (Phi) is 14.2. The molecule has 5 aliphatic heterocycles. The highest BCUT2D eigenvalue weighted by molar-refractivity contribution is 5.85. The standard InChI is InChI=1S/C47H74O19/c1-20-41(64-36-16-30(50)42(21(2)60-36)65-37-17-31(51)43(22(3)61-37)66-44-40(56)39(55)38(54)32(18-48)63-44)29(49)15-35(59-20)62-25-8-10-45(4)24(13-25)6-7-27-28(45)14-33(52)46(5)26(9-11-47(27,46)57)23-12-34(53)58-19-23/h12,20-22,24-33,35-44,48-52,54-57H,6-11,13-19H2,1-5H3/t20?,21?,22?,24?,25?,26?,27-,28+,29?,30?,31?,32?,33?,35?,36?,37?,38?,39?,40?,41?,42?,43?,44?,45?,46?,47?/m1/s1. The molecule has 376 valence electrons. The number of carbonyl (C=O) groups is 1. The zero-order chi connectivity index (χ0) is 47.2. The summed E-state index contributed by atoms with van der Waals surface area (Å²) in [5, 5.41) is 98.4. The smallest absolute Gasteiger partial charge is 0.331 e. The number of cyclic esters (lactones) is 1. The largest absolute Gasteiger partial charge is 0.458 e. The monoisotopic (exact) mass is 942 g/mol. The van der Waals surface area contributed by atoms with Gasteiger partial charge in [0.05, 0.1) is 61.0 Å². The second kappa shape index (κ2) is 18.9. The lowest BCUT2D eigenvalue weighted by molar-refractivity contribution is -0.355. The van der Waals surface area contributed by atoms with Crippen molar-refractivity contribution in [3.63, 3.8) is 0 Å². The highest BCUT2D eigenvalue weighted by Gasteiger charge is 2.71.